The third-order valence-corrected chi connectivity index (χ3v) is 5.02. The second kappa shape index (κ2) is 7.23. The predicted molar refractivity (Wildman–Crippen MR) is 107 cm³/mol. The maximum atomic E-state index is 12.0. The molecule has 2 aromatic heterocycles. The van der Waals surface area contributed by atoms with Gasteiger partial charge in [-0.2, -0.15) is 5.10 Å². The van der Waals surface area contributed by atoms with Crippen LogP contribution in [-0.2, 0) is 11.3 Å². The van der Waals surface area contributed by atoms with Crippen LogP contribution >= 0.6 is 24.0 Å². The normalized spacial score (nSPS) is 15.5. The SMILES string of the molecule is O=C1NC(=S)S/C1=C\c1nn(Cc2ccccc2)cc1-c1cccnc1. The number of hydrogen-bond acceptors (Lipinski definition) is 5. The molecule has 3 aromatic rings. The molecule has 1 aromatic carbocycles. The van der Waals surface area contributed by atoms with Crippen molar-refractivity contribution >= 4 is 40.3 Å². The molecule has 0 saturated carbocycles. The fourth-order valence-corrected chi connectivity index (χ4v) is 3.70. The average Bonchev–Trinajstić information content (AvgIpc) is 3.19. The molecule has 4 rings (SSSR count). The first-order valence-corrected chi connectivity index (χ1v) is 9.18. The van der Waals surface area contributed by atoms with Gasteiger partial charge in [0.15, 0.2) is 0 Å². The number of nitrogens with one attached hydrogen (secondary N) is 1. The number of benzene rings is 1. The monoisotopic (exact) mass is 378 g/mol. The summed E-state index contributed by atoms with van der Waals surface area (Å²) < 4.78 is 2.34. The molecular formula is C19H14N4OS2. The molecule has 1 amide bonds. The van der Waals surface area contributed by atoms with Crippen LogP contribution in [0, 0.1) is 0 Å². The van der Waals surface area contributed by atoms with Gasteiger partial charge in [-0.15, -0.1) is 0 Å². The third kappa shape index (κ3) is 3.58. The highest BCUT2D eigenvalue weighted by Crippen LogP contribution is 2.30. The van der Waals surface area contributed by atoms with E-state index in [1.165, 1.54) is 11.8 Å². The zero-order chi connectivity index (χ0) is 17.9. The van der Waals surface area contributed by atoms with Gasteiger partial charge in [-0.05, 0) is 17.7 Å². The molecule has 1 N–H and O–H groups in total. The summed E-state index contributed by atoms with van der Waals surface area (Å²) in [6, 6.07) is 14.0. The van der Waals surface area contributed by atoms with Crippen LogP contribution in [0.5, 0.6) is 0 Å². The highest BCUT2D eigenvalue weighted by atomic mass is 32.2. The molecular weight excluding hydrogens is 364 g/mol. The summed E-state index contributed by atoms with van der Waals surface area (Å²) in [5.41, 5.74) is 3.75. The molecule has 7 heteroatoms. The van der Waals surface area contributed by atoms with Crippen LogP contribution in [0.25, 0.3) is 17.2 Å². The Hall–Kier alpha value is -2.77. The number of amides is 1. The molecule has 26 heavy (non-hydrogen) atoms. The van der Waals surface area contributed by atoms with Crippen LogP contribution in [0.1, 0.15) is 11.3 Å². The highest BCUT2D eigenvalue weighted by molar-refractivity contribution is 8.26. The number of thioether (sulfide) groups is 1. The number of thiocarbonyl (C=S) groups is 1. The van der Waals surface area contributed by atoms with Crippen LogP contribution in [0.15, 0.2) is 66.0 Å². The summed E-state index contributed by atoms with van der Waals surface area (Å²) in [5, 5.41) is 7.31. The molecule has 128 valence electrons. The zero-order valence-corrected chi connectivity index (χ0v) is 15.3. The smallest absolute Gasteiger partial charge is 0.263 e. The van der Waals surface area contributed by atoms with Gasteiger partial charge in [0.25, 0.3) is 5.91 Å². The Morgan fingerprint density at radius 1 is 1.19 bits per heavy atom. The quantitative estimate of drug-likeness (QED) is 0.556. The van der Waals surface area contributed by atoms with Crippen molar-refractivity contribution in [1.29, 1.82) is 0 Å². The van der Waals surface area contributed by atoms with Gasteiger partial charge in [0.05, 0.1) is 17.1 Å². The van der Waals surface area contributed by atoms with Crippen LogP contribution in [0.2, 0.25) is 0 Å². The van der Waals surface area contributed by atoms with Crippen molar-refractivity contribution in [1.82, 2.24) is 20.1 Å². The molecule has 0 atom stereocenters. The van der Waals surface area contributed by atoms with E-state index in [0.717, 1.165) is 22.4 Å². The molecule has 0 spiro atoms. The molecule has 1 aliphatic rings. The van der Waals surface area contributed by atoms with E-state index >= 15 is 0 Å². The number of aromatic nitrogens is 3. The van der Waals surface area contributed by atoms with Crippen LogP contribution in [0.4, 0.5) is 0 Å². The fraction of sp³-hybridized carbons (Fsp3) is 0.0526. The summed E-state index contributed by atoms with van der Waals surface area (Å²) in [4.78, 5) is 16.7. The lowest BCUT2D eigenvalue weighted by Crippen LogP contribution is -2.17. The predicted octanol–water partition coefficient (Wildman–Crippen LogP) is 3.48. The zero-order valence-electron chi connectivity index (χ0n) is 13.6. The number of pyridine rings is 1. The van der Waals surface area contributed by atoms with Crippen LogP contribution < -0.4 is 5.32 Å². The first-order valence-electron chi connectivity index (χ1n) is 7.96. The third-order valence-electron chi connectivity index (χ3n) is 3.86. The minimum absolute atomic E-state index is 0.185. The maximum absolute atomic E-state index is 12.0. The van der Waals surface area contributed by atoms with E-state index in [-0.39, 0.29) is 5.91 Å². The maximum Gasteiger partial charge on any atom is 0.263 e. The van der Waals surface area contributed by atoms with E-state index < -0.39 is 0 Å². The topological polar surface area (TPSA) is 59.8 Å². The van der Waals surface area contributed by atoms with Crippen molar-refractivity contribution in [2.45, 2.75) is 6.54 Å². The Labute approximate surface area is 160 Å². The van der Waals surface area contributed by atoms with Crippen molar-refractivity contribution in [3.8, 4) is 11.1 Å². The molecule has 0 radical (unpaired) electrons. The number of rotatable bonds is 4. The highest BCUT2D eigenvalue weighted by Gasteiger charge is 2.23. The molecule has 0 aliphatic carbocycles. The number of nitrogens with zero attached hydrogens (tertiary/aromatic N) is 3. The second-order valence-electron chi connectivity index (χ2n) is 5.71. The van der Waals surface area contributed by atoms with Gasteiger partial charge < -0.3 is 5.32 Å². The van der Waals surface area contributed by atoms with Crippen molar-refractivity contribution < 1.29 is 4.79 Å². The van der Waals surface area contributed by atoms with E-state index in [9.17, 15) is 4.79 Å². The van der Waals surface area contributed by atoms with Gasteiger partial charge in [-0.1, -0.05) is 60.4 Å². The average molecular weight is 378 g/mol. The van der Waals surface area contributed by atoms with Crippen molar-refractivity contribution in [3.63, 3.8) is 0 Å². The van der Waals surface area contributed by atoms with E-state index in [1.54, 1.807) is 18.5 Å². The molecule has 0 unspecified atom stereocenters. The first-order chi connectivity index (χ1) is 12.7. The molecule has 3 heterocycles. The van der Waals surface area contributed by atoms with Crippen molar-refractivity contribution in [3.05, 3.63) is 77.2 Å². The lowest BCUT2D eigenvalue weighted by Gasteiger charge is -2.00. The number of carbonyl (C=O) groups excluding carboxylic acids is 1. The van der Waals surface area contributed by atoms with E-state index in [0.29, 0.717) is 15.8 Å². The Morgan fingerprint density at radius 2 is 2.04 bits per heavy atom. The Kier molecular flexibility index (Phi) is 4.64. The van der Waals surface area contributed by atoms with Gasteiger partial charge in [0.2, 0.25) is 0 Å². The largest absolute Gasteiger partial charge is 0.307 e. The summed E-state index contributed by atoms with van der Waals surface area (Å²) in [7, 11) is 0. The van der Waals surface area contributed by atoms with Crippen LogP contribution in [0.3, 0.4) is 0 Å². The van der Waals surface area contributed by atoms with Gasteiger partial charge >= 0.3 is 0 Å². The van der Waals surface area contributed by atoms with Crippen LogP contribution in [-0.4, -0.2) is 25.0 Å². The second-order valence-corrected chi connectivity index (χ2v) is 7.42. The van der Waals surface area contributed by atoms with Gasteiger partial charge in [-0.3, -0.25) is 14.5 Å². The van der Waals surface area contributed by atoms with Crippen molar-refractivity contribution in [2.24, 2.45) is 0 Å². The lowest BCUT2D eigenvalue weighted by molar-refractivity contribution is -0.115. The standard InChI is InChI=1S/C19H14N4OS2/c24-18-17(26-19(25)21-18)9-16-15(14-7-4-8-20-10-14)12-23(22-16)11-13-5-2-1-3-6-13/h1-10,12H,11H2,(H,21,24,25)/b17-9-. The minimum atomic E-state index is -0.185. The fourth-order valence-electron chi connectivity index (χ4n) is 2.68. The molecule has 0 bridgehead atoms. The Morgan fingerprint density at radius 3 is 2.73 bits per heavy atom. The minimum Gasteiger partial charge on any atom is -0.307 e. The summed E-state index contributed by atoms with van der Waals surface area (Å²) in [5.74, 6) is -0.185. The van der Waals surface area contributed by atoms with E-state index in [1.807, 2.05) is 41.2 Å². The summed E-state index contributed by atoms with van der Waals surface area (Å²) in [6.45, 7) is 0.648. The van der Waals surface area contributed by atoms with Crippen molar-refractivity contribution in [2.75, 3.05) is 0 Å². The molecule has 1 fully saturated rings. The van der Waals surface area contributed by atoms with E-state index in [2.05, 4.69) is 27.5 Å². The summed E-state index contributed by atoms with van der Waals surface area (Å²) >= 11 is 6.31. The Balaban J connectivity index is 1.75. The number of carbonyl (C=O) groups is 1. The van der Waals surface area contributed by atoms with E-state index in [4.69, 9.17) is 12.2 Å². The molecule has 1 aliphatic heterocycles. The number of hydrogen-bond donors (Lipinski definition) is 1. The van der Waals surface area contributed by atoms with Gasteiger partial charge in [0, 0.05) is 29.7 Å². The van der Waals surface area contributed by atoms with Gasteiger partial charge in [0.1, 0.15) is 4.32 Å². The lowest BCUT2D eigenvalue weighted by atomic mass is 10.1. The molecule has 1 saturated heterocycles. The Bertz CT molecular complexity index is 997. The molecule has 5 nitrogen and oxygen atoms in total. The first kappa shape index (κ1) is 16.7. The summed E-state index contributed by atoms with van der Waals surface area (Å²) in [6.07, 6.45) is 7.28. The van der Waals surface area contributed by atoms with Gasteiger partial charge in [-0.25, -0.2) is 0 Å².